The molecule has 1 heterocycles. The highest BCUT2D eigenvalue weighted by Gasteiger charge is 2.26. The number of rotatable bonds is 11. The number of hydrogen-bond donors (Lipinski definition) is 0. The highest BCUT2D eigenvalue weighted by molar-refractivity contribution is 9.10. The monoisotopic (exact) mass is 586 g/mol. The maximum atomic E-state index is 13.5. The SMILES string of the molecule is CCOc1cc([C@H](C[N+](=O)[O-])Sc2nnc(C)n2-c2ccc(F)cc2)cc(Br)c1OCc1ccccc1. The largest absolute Gasteiger partial charge is 0.490 e. The van der Waals surface area contributed by atoms with Gasteiger partial charge in [0.25, 0.3) is 0 Å². The van der Waals surface area contributed by atoms with Crippen molar-refractivity contribution in [3.05, 3.63) is 104 Å². The van der Waals surface area contributed by atoms with Crippen LogP contribution in [0.1, 0.15) is 29.1 Å². The molecule has 0 aliphatic carbocycles. The van der Waals surface area contributed by atoms with E-state index in [1.54, 1.807) is 35.8 Å². The van der Waals surface area contributed by atoms with Gasteiger partial charge in [0, 0.05) is 10.6 Å². The summed E-state index contributed by atoms with van der Waals surface area (Å²) in [6.45, 7) is 4.00. The lowest BCUT2D eigenvalue weighted by Gasteiger charge is -2.19. The zero-order chi connectivity index (χ0) is 26.4. The van der Waals surface area contributed by atoms with E-state index >= 15 is 0 Å². The number of hydrogen-bond acceptors (Lipinski definition) is 7. The van der Waals surface area contributed by atoms with E-state index in [0.29, 0.717) is 51.4 Å². The van der Waals surface area contributed by atoms with Crippen LogP contribution in [0.4, 0.5) is 4.39 Å². The van der Waals surface area contributed by atoms with Crippen molar-refractivity contribution in [3.63, 3.8) is 0 Å². The lowest BCUT2D eigenvalue weighted by Crippen LogP contribution is -2.12. The van der Waals surface area contributed by atoms with Gasteiger partial charge in [-0.25, -0.2) is 4.39 Å². The number of nitrogens with zero attached hydrogens (tertiary/aromatic N) is 4. The summed E-state index contributed by atoms with van der Waals surface area (Å²) in [7, 11) is 0. The normalized spacial score (nSPS) is 11.8. The molecule has 0 radical (unpaired) electrons. The molecule has 0 aliphatic heterocycles. The van der Waals surface area contributed by atoms with Crippen LogP contribution in [-0.2, 0) is 6.61 Å². The molecule has 0 unspecified atom stereocenters. The molecule has 0 saturated carbocycles. The van der Waals surface area contributed by atoms with Crippen LogP contribution in [0.15, 0.2) is 76.4 Å². The summed E-state index contributed by atoms with van der Waals surface area (Å²) < 4.78 is 27.8. The fourth-order valence-corrected chi connectivity index (χ4v) is 5.41. The second-order valence-electron chi connectivity index (χ2n) is 8.00. The number of ether oxygens (including phenoxy) is 2. The lowest BCUT2D eigenvalue weighted by molar-refractivity contribution is -0.479. The fourth-order valence-electron chi connectivity index (χ4n) is 3.69. The molecule has 0 saturated heterocycles. The third-order valence-electron chi connectivity index (χ3n) is 5.37. The summed E-state index contributed by atoms with van der Waals surface area (Å²) in [4.78, 5) is 11.3. The van der Waals surface area contributed by atoms with Crippen LogP contribution < -0.4 is 9.47 Å². The van der Waals surface area contributed by atoms with Crippen LogP contribution in [0, 0.1) is 22.9 Å². The quantitative estimate of drug-likeness (QED) is 0.111. The Morgan fingerprint density at radius 1 is 1.11 bits per heavy atom. The van der Waals surface area contributed by atoms with E-state index in [9.17, 15) is 14.5 Å². The molecule has 0 amide bonds. The van der Waals surface area contributed by atoms with Crippen molar-refractivity contribution >= 4 is 27.7 Å². The Bertz CT molecular complexity index is 1370. The number of aromatic nitrogens is 3. The molecule has 8 nitrogen and oxygen atoms in total. The Balaban J connectivity index is 1.67. The summed E-state index contributed by atoms with van der Waals surface area (Å²) in [5.74, 6) is 1.21. The van der Waals surface area contributed by atoms with Crippen molar-refractivity contribution in [1.29, 1.82) is 0 Å². The van der Waals surface area contributed by atoms with Crippen LogP contribution in [0.25, 0.3) is 5.69 Å². The standard InChI is InChI=1S/C26H24BrFN4O4S/c1-3-35-23-14-19(13-22(27)25(23)36-16-18-7-5-4-6-8-18)24(15-31(33)34)37-26-30-29-17(2)32(26)21-11-9-20(28)10-12-21/h4-14,24H,3,15-16H2,1-2H3/t24-/m0/s1. The van der Waals surface area contributed by atoms with E-state index in [2.05, 4.69) is 26.1 Å². The second-order valence-corrected chi connectivity index (χ2v) is 10.0. The molecule has 0 N–H and O–H groups in total. The molecule has 0 bridgehead atoms. The van der Waals surface area contributed by atoms with Crippen molar-refractivity contribution < 1.29 is 18.8 Å². The van der Waals surface area contributed by atoms with Crippen molar-refractivity contribution in [1.82, 2.24) is 14.8 Å². The molecular weight excluding hydrogens is 563 g/mol. The van der Waals surface area contributed by atoms with Gasteiger partial charge in [-0.1, -0.05) is 42.1 Å². The molecule has 4 aromatic rings. The number of halogens is 2. The van der Waals surface area contributed by atoms with Gasteiger partial charge in [-0.2, -0.15) is 0 Å². The van der Waals surface area contributed by atoms with Crippen LogP contribution >= 0.6 is 27.7 Å². The van der Waals surface area contributed by atoms with Gasteiger partial charge in [-0.15, -0.1) is 10.2 Å². The minimum absolute atomic E-state index is 0.339. The molecule has 192 valence electrons. The van der Waals surface area contributed by atoms with Gasteiger partial charge in [0.05, 0.1) is 11.1 Å². The van der Waals surface area contributed by atoms with Crippen molar-refractivity contribution in [2.24, 2.45) is 0 Å². The van der Waals surface area contributed by atoms with Gasteiger partial charge in [0.15, 0.2) is 16.7 Å². The number of thioether (sulfide) groups is 1. The lowest BCUT2D eigenvalue weighted by atomic mass is 10.1. The number of benzene rings is 3. The van der Waals surface area contributed by atoms with E-state index in [1.165, 1.54) is 23.9 Å². The van der Waals surface area contributed by atoms with Crippen LogP contribution in [0.3, 0.4) is 0 Å². The zero-order valence-corrected chi connectivity index (χ0v) is 22.5. The first kappa shape index (κ1) is 26.6. The third-order valence-corrected chi connectivity index (χ3v) is 7.14. The molecule has 0 spiro atoms. The maximum Gasteiger partial charge on any atom is 0.220 e. The topological polar surface area (TPSA) is 92.3 Å². The van der Waals surface area contributed by atoms with E-state index in [1.807, 2.05) is 37.3 Å². The Labute approximate surface area is 226 Å². The van der Waals surface area contributed by atoms with Crippen LogP contribution in [-0.4, -0.2) is 32.8 Å². The van der Waals surface area contributed by atoms with E-state index < -0.39 is 5.25 Å². The third kappa shape index (κ3) is 6.66. The minimum Gasteiger partial charge on any atom is -0.490 e. The van der Waals surface area contributed by atoms with Crippen LogP contribution in [0.5, 0.6) is 11.5 Å². The fraction of sp³-hybridized carbons (Fsp3) is 0.231. The number of nitro groups is 1. The molecule has 11 heteroatoms. The Kier molecular flexibility index (Phi) is 8.78. The van der Waals surface area contributed by atoms with Gasteiger partial charge < -0.3 is 9.47 Å². The molecule has 4 rings (SSSR count). The highest BCUT2D eigenvalue weighted by Crippen LogP contribution is 2.43. The molecule has 3 aromatic carbocycles. The summed E-state index contributed by atoms with van der Waals surface area (Å²) >= 11 is 4.78. The maximum absolute atomic E-state index is 13.5. The van der Waals surface area contributed by atoms with Crippen LogP contribution in [0.2, 0.25) is 0 Å². The second kappa shape index (κ2) is 12.2. The van der Waals surface area contributed by atoms with Crippen molar-refractivity contribution in [2.45, 2.75) is 30.9 Å². The molecular formula is C26H24BrFN4O4S. The molecule has 1 aromatic heterocycles. The predicted molar refractivity (Wildman–Crippen MR) is 143 cm³/mol. The Morgan fingerprint density at radius 2 is 1.84 bits per heavy atom. The minimum atomic E-state index is -0.614. The highest BCUT2D eigenvalue weighted by atomic mass is 79.9. The Hall–Kier alpha value is -3.44. The molecule has 0 fully saturated rings. The van der Waals surface area contributed by atoms with Crippen molar-refractivity contribution in [2.75, 3.05) is 13.2 Å². The first-order chi connectivity index (χ1) is 17.9. The van der Waals surface area contributed by atoms with Gasteiger partial charge in [0.1, 0.15) is 23.5 Å². The molecule has 0 aliphatic rings. The predicted octanol–water partition coefficient (Wildman–Crippen LogP) is 6.57. The molecule has 37 heavy (non-hydrogen) atoms. The summed E-state index contributed by atoms with van der Waals surface area (Å²) in [6.07, 6.45) is 0. The summed E-state index contributed by atoms with van der Waals surface area (Å²) in [6, 6.07) is 19.2. The summed E-state index contributed by atoms with van der Waals surface area (Å²) in [5.41, 5.74) is 2.32. The first-order valence-corrected chi connectivity index (χ1v) is 13.1. The zero-order valence-electron chi connectivity index (χ0n) is 20.1. The summed E-state index contributed by atoms with van der Waals surface area (Å²) in [5, 5.41) is 19.9. The number of aryl methyl sites for hydroxylation is 1. The average Bonchev–Trinajstić information content (AvgIpc) is 3.23. The van der Waals surface area contributed by atoms with E-state index in [-0.39, 0.29) is 17.3 Å². The van der Waals surface area contributed by atoms with Crippen molar-refractivity contribution in [3.8, 4) is 17.2 Å². The van der Waals surface area contributed by atoms with E-state index in [4.69, 9.17) is 9.47 Å². The van der Waals surface area contributed by atoms with Gasteiger partial charge in [-0.3, -0.25) is 14.7 Å². The van der Waals surface area contributed by atoms with Gasteiger partial charge in [-0.05, 0) is 77.3 Å². The smallest absolute Gasteiger partial charge is 0.220 e. The first-order valence-electron chi connectivity index (χ1n) is 11.4. The average molecular weight is 587 g/mol. The van der Waals surface area contributed by atoms with Gasteiger partial charge >= 0.3 is 0 Å². The Morgan fingerprint density at radius 3 is 2.51 bits per heavy atom. The van der Waals surface area contributed by atoms with Gasteiger partial charge in [0.2, 0.25) is 6.54 Å². The van der Waals surface area contributed by atoms with E-state index in [0.717, 1.165) is 5.56 Å². The molecule has 1 atom stereocenters.